The third-order valence-corrected chi connectivity index (χ3v) is 2.80. The molecule has 0 fully saturated rings. The molecule has 0 spiro atoms. The number of hydrogen-bond acceptors (Lipinski definition) is 1. The number of rotatable bonds is 2. The molecule has 0 amide bonds. The zero-order chi connectivity index (χ0) is 10.0. The largest absolute Gasteiger partial charge is 0.293 e. The third kappa shape index (κ3) is 2.25. The van der Waals surface area contributed by atoms with Crippen LogP contribution in [-0.4, -0.2) is 11.1 Å². The van der Waals surface area contributed by atoms with Gasteiger partial charge in [-0.05, 0) is 34.7 Å². The van der Waals surface area contributed by atoms with E-state index in [0.29, 0.717) is 0 Å². The summed E-state index contributed by atoms with van der Waals surface area (Å²) in [6.45, 7) is 0. The first-order valence-corrected chi connectivity index (χ1v) is 5.50. The van der Waals surface area contributed by atoms with Crippen molar-refractivity contribution < 1.29 is 13.6 Å². The van der Waals surface area contributed by atoms with Crippen molar-refractivity contribution in [2.75, 3.05) is 5.33 Å². The van der Waals surface area contributed by atoms with E-state index < -0.39 is 17.4 Å². The van der Waals surface area contributed by atoms with Gasteiger partial charge in [-0.15, -0.1) is 0 Å². The summed E-state index contributed by atoms with van der Waals surface area (Å²) in [5.74, 6) is -2.50. The molecule has 1 aromatic rings. The summed E-state index contributed by atoms with van der Waals surface area (Å²) in [5, 5.41) is -0.00997. The van der Waals surface area contributed by atoms with Crippen LogP contribution in [0, 0.1) is 15.2 Å². The summed E-state index contributed by atoms with van der Waals surface area (Å²) in [6, 6.07) is 2.65. The normalized spacial score (nSPS) is 10.2. The van der Waals surface area contributed by atoms with E-state index in [1.54, 1.807) is 22.6 Å². The predicted octanol–water partition coefficient (Wildman–Crippen LogP) is 3.15. The van der Waals surface area contributed by atoms with Gasteiger partial charge in [0.25, 0.3) is 0 Å². The second kappa shape index (κ2) is 4.45. The van der Waals surface area contributed by atoms with E-state index in [9.17, 15) is 13.6 Å². The highest BCUT2D eigenvalue weighted by Gasteiger charge is 2.16. The maximum atomic E-state index is 13.1. The molecular formula is C8H4BrF2IO. The number of halogens is 4. The van der Waals surface area contributed by atoms with Gasteiger partial charge in [-0.25, -0.2) is 8.78 Å². The van der Waals surface area contributed by atoms with Gasteiger partial charge >= 0.3 is 0 Å². The third-order valence-electron chi connectivity index (χ3n) is 1.46. The van der Waals surface area contributed by atoms with Crippen LogP contribution < -0.4 is 0 Å². The summed E-state index contributed by atoms with van der Waals surface area (Å²) in [7, 11) is 0. The highest BCUT2D eigenvalue weighted by molar-refractivity contribution is 14.1. The van der Waals surface area contributed by atoms with Gasteiger partial charge in [-0.2, -0.15) is 0 Å². The minimum atomic E-state index is -1.07. The van der Waals surface area contributed by atoms with Crippen molar-refractivity contribution >= 4 is 44.3 Å². The van der Waals surface area contributed by atoms with Gasteiger partial charge in [0, 0.05) is 0 Å². The first kappa shape index (κ1) is 11.0. The Hall–Kier alpha value is -0.0400. The highest BCUT2D eigenvalue weighted by atomic mass is 127. The van der Waals surface area contributed by atoms with Gasteiger partial charge in [0.1, 0.15) is 0 Å². The molecular weight excluding hydrogens is 357 g/mol. The lowest BCUT2D eigenvalue weighted by atomic mass is 10.1. The number of alkyl halides is 1. The van der Waals surface area contributed by atoms with Crippen LogP contribution in [0.2, 0.25) is 0 Å². The number of carbonyl (C=O) groups is 1. The van der Waals surface area contributed by atoms with Crippen LogP contribution >= 0.6 is 38.5 Å². The summed E-state index contributed by atoms with van der Waals surface area (Å²) in [5.41, 5.74) is -0.213. The molecule has 0 saturated heterocycles. The zero-order valence-corrected chi connectivity index (χ0v) is 10.0. The van der Waals surface area contributed by atoms with Crippen LogP contribution in [0.4, 0.5) is 8.78 Å². The molecule has 13 heavy (non-hydrogen) atoms. The number of Topliss-reactive ketones (excluding diaryl/α,β-unsaturated/α-hetero) is 1. The molecule has 0 unspecified atom stereocenters. The molecule has 0 bridgehead atoms. The van der Waals surface area contributed by atoms with E-state index in [0.717, 1.165) is 0 Å². The lowest BCUT2D eigenvalue weighted by Gasteiger charge is -2.01. The van der Waals surface area contributed by atoms with E-state index in [4.69, 9.17) is 0 Å². The summed E-state index contributed by atoms with van der Waals surface area (Å²) in [6.07, 6.45) is 0. The summed E-state index contributed by atoms with van der Waals surface area (Å²) >= 11 is 4.55. The van der Waals surface area contributed by atoms with E-state index in [-0.39, 0.29) is 14.5 Å². The minimum absolute atomic E-state index is 0.00997. The molecule has 0 heterocycles. The number of ketones is 1. The fraction of sp³-hybridized carbons (Fsp3) is 0.125. The van der Waals surface area contributed by atoms with Crippen LogP contribution in [0.1, 0.15) is 10.4 Å². The number of carbonyl (C=O) groups excluding carboxylic acids is 1. The molecule has 0 saturated carbocycles. The first-order valence-electron chi connectivity index (χ1n) is 3.30. The summed E-state index contributed by atoms with van der Waals surface area (Å²) < 4.78 is 26.2. The molecule has 1 aromatic carbocycles. The van der Waals surface area contributed by atoms with Gasteiger partial charge in [0.2, 0.25) is 0 Å². The van der Waals surface area contributed by atoms with Crippen molar-refractivity contribution in [3.8, 4) is 0 Å². The molecule has 0 aliphatic rings. The van der Waals surface area contributed by atoms with Crippen molar-refractivity contribution in [3.63, 3.8) is 0 Å². The van der Waals surface area contributed by atoms with Crippen LogP contribution in [0.15, 0.2) is 12.1 Å². The van der Waals surface area contributed by atoms with E-state index in [2.05, 4.69) is 15.9 Å². The fourth-order valence-corrected chi connectivity index (χ4v) is 1.53. The Balaban J connectivity index is 3.26. The molecule has 0 aromatic heterocycles. The Morgan fingerprint density at radius 3 is 2.54 bits per heavy atom. The molecule has 1 nitrogen and oxygen atoms in total. The van der Waals surface area contributed by atoms with Crippen molar-refractivity contribution in [1.29, 1.82) is 0 Å². The standard InChI is InChI=1S/C8H4BrF2IO/c9-3-6(13)4-1-2-5(12)8(11)7(4)10/h1-2H,3H2. The van der Waals surface area contributed by atoms with Crippen molar-refractivity contribution in [3.05, 3.63) is 32.9 Å². The average molecular weight is 361 g/mol. The lowest BCUT2D eigenvalue weighted by Crippen LogP contribution is -2.06. The monoisotopic (exact) mass is 360 g/mol. The maximum Gasteiger partial charge on any atom is 0.176 e. The lowest BCUT2D eigenvalue weighted by molar-refractivity contribution is 0.101. The van der Waals surface area contributed by atoms with Gasteiger partial charge in [-0.3, -0.25) is 4.79 Å². The Labute approximate surface area is 95.8 Å². The second-order valence-corrected chi connectivity index (χ2v) is 4.00. The average Bonchev–Trinajstić information content (AvgIpc) is 2.13. The summed E-state index contributed by atoms with van der Waals surface area (Å²) in [4.78, 5) is 11.0. The van der Waals surface area contributed by atoms with E-state index in [1.165, 1.54) is 12.1 Å². The second-order valence-electron chi connectivity index (χ2n) is 2.28. The van der Waals surface area contributed by atoms with Crippen molar-refractivity contribution in [2.24, 2.45) is 0 Å². The Morgan fingerprint density at radius 1 is 1.38 bits per heavy atom. The van der Waals surface area contributed by atoms with Gasteiger partial charge in [-0.1, -0.05) is 15.9 Å². The highest BCUT2D eigenvalue weighted by Crippen LogP contribution is 2.18. The molecule has 1 rings (SSSR count). The SMILES string of the molecule is O=C(CBr)c1ccc(I)c(F)c1F. The van der Waals surface area contributed by atoms with Crippen LogP contribution in [-0.2, 0) is 0 Å². The predicted molar refractivity (Wildman–Crippen MR) is 57.2 cm³/mol. The molecule has 0 aliphatic carbocycles. The van der Waals surface area contributed by atoms with Crippen LogP contribution in [0.25, 0.3) is 0 Å². The Bertz CT molecular complexity index is 354. The Morgan fingerprint density at radius 2 is 2.00 bits per heavy atom. The van der Waals surface area contributed by atoms with Crippen molar-refractivity contribution in [1.82, 2.24) is 0 Å². The van der Waals surface area contributed by atoms with Gasteiger partial charge in [0.05, 0.1) is 14.5 Å². The maximum absolute atomic E-state index is 13.1. The van der Waals surface area contributed by atoms with Crippen LogP contribution in [0.5, 0.6) is 0 Å². The Kier molecular flexibility index (Phi) is 3.78. The molecule has 0 N–H and O–H groups in total. The van der Waals surface area contributed by atoms with E-state index in [1.807, 2.05) is 0 Å². The van der Waals surface area contributed by atoms with Crippen LogP contribution in [0.3, 0.4) is 0 Å². The minimum Gasteiger partial charge on any atom is -0.293 e. The molecule has 0 aliphatic heterocycles. The van der Waals surface area contributed by atoms with E-state index >= 15 is 0 Å². The fourth-order valence-electron chi connectivity index (χ4n) is 0.813. The number of benzene rings is 1. The zero-order valence-electron chi connectivity index (χ0n) is 6.28. The van der Waals surface area contributed by atoms with Crippen molar-refractivity contribution in [2.45, 2.75) is 0 Å². The topological polar surface area (TPSA) is 17.1 Å². The molecule has 0 atom stereocenters. The quantitative estimate of drug-likeness (QED) is 0.343. The molecule has 5 heteroatoms. The van der Waals surface area contributed by atoms with Gasteiger partial charge < -0.3 is 0 Å². The smallest absolute Gasteiger partial charge is 0.176 e. The first-order chi connectivity index (χ1) is 6.07. The number of hydrogen-bond donors (Lipinski definition) is 0. The molecule has 0 radical (unpaired) electrons. The van der Waals surface area contributed by atoms with Gasteiger partial charge in [0.15, 0.2) is 17.4 Å². The molecule has 70 valence electrons.